The number of carbonyl (C=O) groups is 1. The van der Waals surface area contributed by atoms with Crippen molar-refractivity contribution in [3.8, 4) is 5.88 Å². The fraction of sp³-hybridized carbons (Fsp3) is 0.385. The molecule has 0 bridgehead atoms. The number of amides is 1. The van der Waals surface area contributed by atoms with Crippen molar-refractivity contribution < 1.29 is 18.8 Å². The third-order valence-electron chi connectivity index (χ3n) is 3.26. The molecular formula is C13H14N4O4. The summed E-state index contributed by atoms with van der Waals surface area (Å²) >= 11 is 0. The van der Waals surface area contributed by atoms with Gasteiger partial charge < -0.3 is 18.9 Å². The number of nitrogens with zero attached hydrogens (tertiary/aromatic N) is 4. The van der Waals surface area contributed by atoms with Gasteiger partial charge in [0.2, 0.25) is 12.3 Å². The summed E-state index contributed by atoms with van der Waals surface area (Å²) in [5, 5.41) is 3.80. The SMILES string of the molecule is COc1ccc(C(=O)N2CCOCC2c2ncon2)cn1. The standard InChI is InChI=1S/C13H14N4O4/c1-19-11-3-2-9(6-14-11)13(18)17-4-5-20-7-10(17)12-15-8-21-16-12/h2-3,6,8,10H,4-5,7H2,1H3. The molecule has 8 heteroatoms. The fourth-order valence-electron chi connectivity index (χ4n) is 2.18. The Bertz CT molecular complexity index is 599. The van der Waals surface area contributed by atoms with E-state index in [1.54, 1.807) is 17.0 Å². The van der Waals surface area contributed by atoms with Crippen LogP contribution in [-0.4, -0.2) is 52.8 Å². The summed E-state index contributed by atoms with van der Waals surface area (Å²) in [6.07, 6.45) is 2.73. The van der Waals surface area contributed by atoms with Crippen LogP contribution in [0.15, 0.2) is 29.2 Å². The number of rotatable bonds is 3. The lowest BCUT2D eigenvalue weighted by atomic mass is 10.1. The highest BCUT2D eigenvalue weighted by Gasteiger charge is 2.32. The van der Waals surface area contributed by atoms with Gasteiger partial charge in [-0.05, 0) is 6.07 Å². The summed E-state index contributed by atoms with van der Waals surface area (Å²) in [6, 6.07) is 2.97. The van der Waals surface area contributed by atoms with E-state index in [0.717, 1.165) is 0 Å². The van der Waals surface area contributed by atoms with E-state index in [0.29, 0.717) is 37.0 Å². The molecule has 0 N–H and O–H groups in total. The van der Waals surface area contributed by atoms with Crippen LogP contribution in [0.5, 0.6) is 5.88 Å². The van der Waals surface area contributed by atoms with Gasteiger partial charge in [-0.15, -0.1) is 0 Å². The molecule has 1 amide bonds. The molecule has 1 atom stereocenters. The molecule has 1 aliphatic heterocycles. The first kappa shape index (κ1) is 13.5. The van der Waals surface area contributed by atoms with E-state index in [1.165, 1.54) is 19.7 Å². The maximum Gasteiger partial charge on any atom is 0.256 e. The van der Waals surface area contributed by atoms with Crippen LogP contribution in [0.4, 0.5) is 0 Å². The highest BCUT2D eigenvalue weighted by atomic mass is 16.5. The van der Waals surface area contributed by atoms with Crippen molar-refractivity contribution in [3.05, 3.63) is 36.1 Å². The molecule has 1 aliphatic rings. The third kappa shape index (κ3) is 2.70. The lowest BCUT2D eigenvalue weighted by Gasteiger charge is -2.33. The molecule has 21 heavy (non-hydrogen) atoms. The van der Waals surface area contributed by atoms with E-state index < -0.39 is 0 Å². The summed E-state index contributed by atoms with van der Waals surface area (Å²) in [6.45, 7) is 1.28. The molecule has 3 rings (SSSR count). The van der Waals surface area contributed by atoms with Gasteiger partial charge in [-0.1, -0.05) is 5.16 Å². The number of carbonyl (C=O) groups excluding carboxylic acids is 1. The fourth-order valence-corrected chi connectivity index (χ4v) is 2.18. The Balaban J connectivity index is 1.83. The van der Waals surface area contributed by atoms with Crippen LogP contribution in [-0.2, 0) is 4.74 Å². The molecule has 3 heterocycles. The molecule has 8 nitrogen and oxygen atoms in total. The molecule has 1 saturated heterocycles. The minimum absolute atomic E-state index is 0.150. The van der Waals surface area contributed by atoms with Gasteiger partial charge in [-0.3, -0.25) is 4.79 Å². The largest absolute Gasteiger partial charge is 0.481 e. The first-order valence-electron chi connectivity index (χ1n) is 6.44. The normalized spacial score (nSPS) is 18.5. The van der Waals surface area contributed by atoms with Crippen LogP contribution >= 0.6 is 0 Å². The second kappa shape index (κ2) is 5.88. The Kier molecular flexibility index (Phi) is 3.78. The molecule has 0 aliphatic carbocycles. The molecule has 0 radical (unpaired) electrons. The Morgan fingerprint density at radius 2 is 2.33 bits per heavy atom. The van der Waals surface area contributed by atoms with E-state index in [1.807, 2.05) is 0 Å². The zero-order valence-electron chi connectivity index (χ0n) is 11.4. The molecule has 0 aromatic carbocycles. The van der Waals surface area contributed by atoms with E-state index in [-0.39, 0.29) is 11.9 Å². The summed E-state index contributed by atoms with van der Waals surface area (Å²) in [7, 11) is 1.53. The first-order valence-corrected chi connectivity index (χ1v) is 6.44. The maximum absolute atomic E-state index is 12.6. The highest BCUT2D eigenvalue weighted by molar-refractivity contribution is 5.94. The second-order valence-corrected chi connectivity index (χ2v) is 4.47. The van der Waals surface area contributed by atoms with Crippen LogP contribution in [0, 0.1) is 0 Å². The Hall–Kier alpha value is -2.48. The third-order valence-corrected chi connectivity index (χ3v) is 3.26. The van der Waals surface area contributed by atoms with Gasteiger partial charge in [-0.25, -0.2) is 4.98 Å². The quantitative estimate of drug-likeness (QED) is 0.821. The smallest absolute Gasteiger partial charge is 0.256 e. The van der Waals surface area contributed by atoms with Gasteiger partial charge in [0, 0.05) is 18.8 Å². The van der Waals surface area contributed by atoms with E-state index in [4.69, 9.17) is 14.0 Å². The number of hydrogen-bond acceptors (Lipinski definition) is 7. The number of ether oxygens (including phenoxy) is 2. The molecule has 0 saturated carbocycles. The number of pyridine rings is 1. The zero-order valence-corrected chi connectivity index (χ0v) is 11.4. The maximum atomic E-state index is 12.6. The minimum Gasteiger partial charge on any atom is -0.481 e. The van der Waals surface area contributed by atoms with Gasteiger partial charge in [0.25, 0.3) is 5.91 Å². The first-order chi connectivity index (χ1) is 10.3. The summed E-state index contributed by atoms with van der Waals surface area (Å²) < 4.78 is 15.1. The second-order valence-electron chi connectivity index (χ2n) is 4.47. The van der Waals surface area contributed by atoms with Crippen molar-refractivity contribution in [2.75, 3.05) is 26.9 Å². The monoisotopic (exact) mass is 290 g/mol. The van der Waals surface area contributed by atoms with Crippen LogP contribution in [0.25, 0.3) is 0 Å². The lowest BCUT2D eigenvalue weighted by Crippen LogP contribution is -2.43. The zero-order chi connectivity index (χ0) is 14.7. The number of methoxy groups -OCH3 is 1. The predicted octanol–water partition coefficient (Wildman–Crippen LogP) is 0.687. The molecule has 0 spiro atoms. The number of hydrogen-bond donors (Lipinski definition) is 0. The highest BCUT2D eigenvalue weighted by Crippen LogP contribution is 2.23. The van der Waals surface area contributed by atoms with Crippen molar-refractivity contribution in [3.63, 3.8) is 0 Å². The topological polar surface area (TPSA) is 90.6 Å². The van der Waals surface area contributed by atoms with Gasteiger partial charge in [0.1, 0.15) is 6.04 Å². The van der Waals surface area contributed by atoms with E-state index in [2.05, 4.69) is 15.1 Å². The van der Waals surface area contributed by atoms with Crippen molar-refractivity contribution in [2.24, 2.45) is 0 Å². The Morgan fingerprint density at radius 1 is 1.43 bits per heavy atom. The van der Waals surface area contributed by atoms with Gasteiger partial charge in [0.15, 0.2) is 5.82 Å². The van der Waals surface area contributed by atoms with Crippen LogP contribution < -0.4 is 4.74 Å². The molecule has 1 fully saturated rings. The number of aromatic nitrogens is 3. The summed E-state index contributed by atoms with van der Waals surface area (Å²) in [4.78, 5) is 22.3. The molecule has 2 aromatic rings. The number of morpholine rings is 1. The van der Waals surface area contributed by atoms with Crippen LogP contribution in [0.3, 0.4) is 0 Å². The van der Waals surface area contributed by atoms with Crippen LogP contribution in [0.1, 0.15) is 22.2 Å². The van der Waals surface area contributed by atoms with Crippen LogP contribution in [0.2, 0.25) is 0 Å². The van der Waals surface area contributed by atoms with E-state index in [9.17, 15) is 4.79 Å². The predicted molar refractivity (Wildman–Crippen MR) is 69.7 cm³/mol. The Morgan fingerprint density at radius 3 is 3.00 bits per heavy atom. The summed E-state index contributed by atoms with van der Waals surface area (Å²) in [5.74, 6) is 0.746. The van der Waals surface area contributed by atoms with E-state index >= 15 is 0 Å². The average Bonchev–Trinajstić information content (AvgIpc) is 3.08. The van der Waals surface area contributed by atoms with Gasteiger partial charge in [-0.2, -0.15) is 4.98 Å². The average molecular weight is 290 g/mol. The summed E-state index contributed by atoms with van der Waals surface area (Å²) in [5.41, 5.74) is 0.478. The lowest BCUT2D eigenvalue weighted by molar-refractivity contribution is -0.00579. The van der Waals surface area contributed by atoms with Gasteiger partial charge >= 0.3 is 0 Å². The Labute approximate surface area is 120 Å². The van der Waals surface area contributed by atoms with Crippen molar-refractivity contribution >= 4 is 5.91 Å². The minimum atomic E-state index is -0.355. The molecule has 110 valence electrons. The van der Waals surface area contributed by atoms with Crippen molar-refractivity contribution in [1.82, 2.24) is 20.0 Å². The van der Waals surface area contributed by atoms with Crippen molar-refractivity contribution in [2.45, 2.75) is 6.04 Å². The van der Waals surface area contributed by atoms with Crippen molar-refractivity contribution in [1.29, 1.82) is 0 Å². The van der Waals surface area contributed by atoms with Gasteiger partial charge in [0.05, 0.1) is 25.9 Å². The molecule has 2 aromatic heterocycles. The molecular weight excluding hydrogens is 276 g/mol. The molecule has 1 unspecified atom stereocenters.